The Kier molecular flexibility index (Phi) is 3.97. The minimum absolute atomic E-state index is 0.368. The molecule has 2 saturated heterocycles. The van der Waals surface area contributed by atoms with Gasteiger partial charge in [-0.3, -0.25) is 4.79 Å². The van der Waals surface area contributed by atoms with Crippen LogP contribution in [0.1, 0.15) is 25.7 Å². The molecular weight excluding hydrogens is 298 g/mol. The third-order valence-electron chi connectivity index (χ3n) is 4.58. The van der Waals surface area contributed by atoms with Crippen LogP contribution in [0.4, 0.5) is 17.3 Å². The molecule has 1 aromatic rings. The van der Waals surface area contributed by atoms with Gasteiger partial charge < -0.3 is 26.4 Å². The number of carboxylic acids is 1. The Labute approximate surface area is 134 Å². The third-order valence-corrected chi connectivity index (χ3v) is 4.58. The van der Waals surface area contributed by atoms with Crippen molar-refractivity contribution >= 4 is 29.2 Å². The van der Waals surface area contributed by atoms with Crippen LogP contribution in [0.2, 0.25) is 0 Å². The first-order chi connectivity index (χ1) is 11.0. The number of hydrogen-bond donors (Lipinski definition) is 3. The number of aromatic nitrogens is 1. The highest BCUT2D eigenvalue weighted by atomic mass is 16.4. The van der Waals surface area contributed by atoms with Crippen molar-refractivity contribution in [2.24, 2.45) is 5.73 Å². The van der Waals surface area contributed by atoms with Crippen molar-refractivity contribution in [1.82, 2.24) is 4.98 Å². The number of carbonyl (C=O) groups excluding carboxylic acids is 1. The number of anilines is 3. The molecule has 124 valence electrons. The predicted molar refractivity (Wildman–Crippen MR) is 86.2 cm³/mol. The number of primary amides is 1. The minimum atomic E-state index is -0.870. The van der Waals surface area contributed by atoms with Gasteiger partial charge >= 0.3 is 5.97 Å². The normalized spacial score (nSPS) is 24.2. The Balaban J connectivity index is 1.93. The second-order valence-electron chi connectivity index (χ2n) is 6.03. The molecule has 3 heterocycles. The summed E-state index contributed by atoms with van der Waals surface area (Å²) in [5.74, 6) is -0.147. The van der Waals surface area contributed by atoms with Gasteiger partial charge in [0, 0.05) is 13.1 Å². The van der Waals surface area contributed by atoms with Crippen molar-refractivity contribution < 1.29 is 14.7 Å². The highest BCUT2D eigenvalue weighted by molar-refractivity contribution is 5.85. The van der Waals surface area contributed by atoms with Gasteiger partial charge in [-0.05, 0) is 37.8 Å². The van der Waals surface area contributed by atoms with Gasteiger partial charge in [0.15, 0.2) is 5.82 Å². The first-order valence-corrected chi connectivity index (χ1v) is 7.81. The fourth-order valence-corrected chi connectivity index (χ4v) is 3.45. The lowest BCUT2D eigenvalue weighted by Crippen LogP contribution is -2.41. The number of aliphatic carboxylic acids is 1. The number of carbonyl (C=O) groups is 2. The standard InChI is InChI=1S/C15H21N5O3/c16-9-5-6-12(19-7-1-3-10(19)13(17)21)18-14(9)20-8-2-4-11(20)15(22)23/h5-6,10-11H,1-4,7-8,16H2,(H2,17,21)(H,22,23). The van der Waals surface area contributed by atoms with Crippen molar-refractivity contribution in [1.29, 1.82) is 0 Å². The zero-order valence-electron chi connectivity index (χ0n) is 12.8. The van der Waals surface area contributed by atoms with E-state index in [1.54, 1.807) is 17.0 Å². The molecule has 2 unspecified atom stereocenters. The lowest BCUT2D eigenvalue weighted by atomic mass is 10.2. The van der Waals surface area contributed by atoms with E-state index >= 15 is 0 Å². The van der Waals surface area contributed by atoms with Crippen molar-refractivity contribution in [3.63, 3.8) is 0 Å². The maximum absolute atomic E-state index is 11.6. The topological polar surface area (TPSA) is 126 Å². The number of nitrogens with two attached hydrogens (primary N) is 2. The fourth-order valence-electron chi connectivity index (χ4n) is 3.45. The Bertz CT molecular complexity index is 636. The molecule has 0 spiro atoms. The molecule has 2 fully saturated rings. The number of pyridine rings is 1. The van der Waals surface area contributed by atoms with Gasteiger partial charge in [0.25, 0.3) is 0 Å². The molecule has 0 radical (unpaired) electrons. The minimum Gasteiger partial charge on any atom is -0.480 e. The first kappa shape index (κ1) is 15.4. The van der Waals surface area contributed by atoms with Crippen LogP contribution >= 0.6 is 0 Å². The lowest BCUT2D eigenvalue weighted by Gasteiger charge is -2.28. The van der Waals surface area contributed by atoms with E-state index in [4.69, 9.17) is 11.5 Å². The van der Waals surface area contributed by atoms with Crippen molar-refractivity contribution in [2.75, 3.05) is 28.6 Å². The van der Waals surface area contributed by atoms with Gasteiger partial charge in [0.05, 0.1) is 5.69 Å². The molecule has 2 aliphatic heterocycles. The molecule has 8 heteroatoms. The summed E-state index contributed by atoms with van der Waals surface area (Å²) in [5, 5.41) is 9.35. The number of nitrogen functional groups attached to an aromatic ring is 1. The summed E-state index contributed by atoms with van der Waals surface area (Å²) in [7, 11) is 0. The smallest absolute Gasteiger partial charge is 0.326 e. The van der Waals surface area contributed by atoms with Gasteiger partial charge in [-0.2, -0.15) is 0 Å². The van der Waals surface area contributed by atoms with E-state index in [9.17, 15) is 14.7 Å². The van der Waals surface area contributed by atoms with Crippen LogP contribution < -0.4 is 21.3 Å². The Morgan fingerprint density at radius 2 is 1.78 bits per heavy atom. The summed E-state index contributed by atoms with van der Waals surface area (Å²) in [4.78, 5) is 31.1. The Morgan fingerprint density at radius 3 is 2.43 bits per heavy atom. The quantitative estimate of drug-likeness (QED) is 0.722. The molecule has 2 aliphatic rings. The first-order valence-electron chi connectivity index (χ1n) is 7.81. The predicted octanol–water partition coefficient (Wildman–Crippen LogP) is 0.171. The molecule has 1 amide bonds. The number of amides is 1. The van der Waals surface area contributed by atoms with E-state index in [0.29, 0.717) is 43.3 Å². The maximum Gasteiger partial charge on any atom is 0.326 e. The maximum atomic E-state index is 11.6. The van der Waals surface area contributed by atoms with Crippen molar-refractivity contribution in [3.8, 4) is 0 Å². The number of rotatable bonds is 4. The third kappa shape index (κ3) is 2.76. The van der Waals surface area contributed by atoms with E-state index in [-0.39, 0.29) is 11.9 Å². The molecule has 5 N–H and O–H groups in total. The molecular formula is C15H21N5O3. The number of carboxylic acid groups (broad SMARTS) is 1. The molecule has 0 aliphatic carbocycles. The van der Waals surface area contributed by atoms with Crippen LogP contribution in [-0.4, -0.2) is 47.1 Å². The summed E-state index contributed by atoms with van der Waals surface area (Å²) in [6.07, 6.45) is 2.94. The number of hydrogen-bond acceptors (Lipinski definition) is 6. The molecule has 0 saturated carbocycles. The zero-order chi connectivity index (χ0) is 16.6. The molecule has 23 heavy (non-hydrogen) atoms. The van der Waals surface area contributed by atoms with Crippen LogP contribution in [0, 0.1) is 0 Å². The lowest BCUT2D eigenvalue weighted by molar-refractivity contribution is -0.138. The van der Waals surface area contributed by atoms with Crippen molar-refractivity contribution in [3.05, 3.63) is 12.1 Å². The largest absolute Gasteiger partial charge is 0.480 e. The van der Waals surface area contributed by atoms with Gasteiger partial charge in [-0.25, -0.2) is 9.78 Å². The summed E-state index contributed by atoms with van der Waals surface area (Å²) in [6.45, 7) is 1.31. The summed E-state index contributed by atoms with van der Waals surface area (Å²) >= 11 is 0. The van der Waals surface area contributed by atoms with E-state index in [1.165, 1.54) is 0 Å². The van der Waals surface area contributed by atoms with E-state index in [1.807, 2.05) is 4.90 Å². The van der Waals surface area contributed by atoms with E-state index in [2.05, 4.69) is 4.98 Å². The average Bonchev–Trinajstić information content (AvgIpc) is 3.16. The van der Waals surface area contributed by atoms with Crippen LogP contribution in [-0.2, 0) is 9.59 Å². The highest BCUT2D eigenvalue weighted by Crippen LogP contribution is 2.32. The molecule has 0 bridgehead atoms. The van der Waals surface area contributed by atoms with Gasteiger partial charge in [-0.1, -0.05) is 0 Å². The summed E-state index contributed by atoms with van der Waals surface area (Å²) in [6, 6.07) is 2.50. The molecule has 8 nitrogen and oxygen atoms in total. The summed E-state index contributed by atoms with van der Waals surface area (Å²) < 4.78 is 0. The fraction of sp³-hybridized carbons (Fsp3) is 0.533. The zero-order valence-corrected chi connectivity index (χ0v) is 12.8. The van der Waals surface area contributed by atoms with Crippen LogP contribution in [0.3, 0.4) is 0 Å². The van der Waals surface area contributed by atoms with Crippen LogP contribution in [0.5, 0.6) is 0 Å². The highest BCUT2D eigenvalue weighted by Gasteiger charge is 2.34. The Hall–Kier alpha value is -2.51. The number of nitrogens with zero attached hydrogens (tertiary/aromatic N) is 3. The van der Waals surface area contributed by atoms with E-state index < -0.39 is 12.0 Å². The van der Waals surface area contributed by atoms with E-state index in [0.717, 1.165) is 12.8 Å². The second-order valence-corrected chi connectivity index (χ2v) is 6.03. The van der Waals surface area contributed by atoms with Crippen LogP contribution in [0.15, 0.2) is 12.1 Å². The Morgan fingerprint density at radius 1 is 1.13 bits per heavy atom. The van der Waals surface area contributed by atoms with Gasteiger partial charge in [0.1, 0.15) is 17.9 Å². The monoisotopic (exact) mass is 319 g/mol. The molecule has 0 aromatic carbocycles. The van der Waals surface area contributed by atoms with Gasteiger partial charge in [-0.15, -0.1) is 0 Å². The average molecular weight is 319 g/mol. The second kappa shape index (κ2) is 5.94. The van der Waals surface area contributed by atoms with Crippen molar-refractivity contribution in [2.45, 2.75) is 37.8 Å². The molecule has 3 rings (SSSR count). The SMILES string of the molecule is NC(=O)C1CCCN1c1ccc(N)c(N2CCCC2C(=O)O)n1. The molecule has 2 atom stereocenters. The van der Waals surface area contributed by atoms with Gasteiger partial charge in [0.2, 0.25) is 5.91 Å². The molecule has 1 aromatic heterocycles. The summed E-state index contributed by atoms with van der Waals surface area (Å²) in [5.41, 5.74) is 11.9. The van der Waals surface area contributed by atoms with Crippen LogP contribution in [0.25, 0.3) is 0 Å².